The first-order chi connectivity index (χ1) is 14.7. The molecule has 3 atom stereocenters. The first-order valence-corrected chi connectivity index (χ1v) is 10.9. The van der Waals surface area contributed by atoms with Gasteiger partial charge in [-0.15, -0.1) is 0 Å². The molecule has 2 aliphatic rings. The van der Waals surface area contributed by atoms with Crippen molar-refractivity contribution in [2.75, 3.05) is 6.73 Å². The van der Waals surface area contributed by atoms with Gasteiger partial charge in [-0.1, -0.05) is 73.5 Å². The van der Waals surface area contributed by atoms with Crippen molar-refractivity contribution in [2.24, 2.45) is 5.92 Å². The van der Waals surface area contributed by atoms with Gasteiger partial charge >= 0.3 is 5.97 Å². The van der Waals surface area contributed by atoms with Crippen LogP contribution in [0.5, 0.6) is 0 Å². The number of rotatable bonds is 7. The Morgan fingerprint density at radius 1 is 0.967 bits per heavy atom. The second-order valence-corrected chi connectivity index (χ2v) is 8.23. The summed E-state index contributed by atoms with van der Waals surface area (Å²) in [6.45, 7) is 0.558. The van der Waals surface area contributed by atoms with Crippen molar-refractivity contribution in [2.45, 2.75) is 57.3 Å². The van der Waals surface area contributed by atoms with E-state index in [0.29, 0.717) is 13.2 Å². The highest BCUT2D eigenvalue weighted by molar-refractivity contribution is 5.84. The van der Waals surface area contributed by atoms with Crippen LogP contribution in [-0.4, -0.2) is 35.7 Å². The Morgan fingerprint density at radius 2 is 1.63 bits per heavy atom. The molecule has 5 heteroatoms. The van der Waals surface area contributed by atoms with Crippen LogP contribution in [0.15, 0.2) is 60.7 Å². The second-order valence-electron chi connectivity index (χ2n) is 8.23. The van der Waals surface area contributed by atoms with E-state index in [9.17, 15) is 9.59 Å². The Labute approximate surface area is 178 Å². The summed E-state index contributed by atoms with van der Waals surface area (Å²) in [6.07, 6.45) is 5.01. The molecule has 0 aromatic heterocycles. The molecule has 2 fully saturated rings. The third-order valence-electron chi connectivity index (χ3n) is 6.11. The van der Waals surface area contributed by atoms with Gasteiger partial charge in [-0.3, -0.25) is 9.59 Å². The predicted molar refractivity (Wildman–Crippen MR) is 113 cm³/mol. The van der Waals surface area contributed by atoms with Gasteiger partial charge in [0.25, 0.3) is 0 Å². The molecule has 1 aliphatic carbocycles. The number of hydrogen-bond acceptors (Lipinski definition) is 4. The number of hydrogen-bond donors (Lipinski definition) is 0. The maximum Gasteiger partial charge on any atom is 0.306 e. The summed E-state index contributed by atoms with van der Waals surface area (Å²) in [5.74, 6) is -0.779. The molecular weight excluding hydrogens is 378 g/mol. The second kappa shape index (κ2) is 9.90. The predicted octanol–water partition coefficient (Wildman–Crippen LogP) is 4.11. The van der Waals surface area contributed by atoms with Crippen molar-refractivity contribution in [3.63, 3.8) is 0 Å². The Bertz CT molecular complexity index is 839. The topological polar surface area (TPSA) is 55.8 Å². The molecule has 1 saturated carbocycles. The number of carbonyl (C=O) groups excluding carboxylic acids is 2. The molecule has 5 nitrogen and oxygen atoms in total. The van der Waals surface area contributed by atoms with Crippen molar-refractivity contribution in [3.05, 3.63) is 71.8 Å². The number of nitrogens with zero attached hydrogens (tertiary/aromatic N) is 1. The Hall–Kier alpha value is -2.66. The van der Waals surface area contributed by atoms with E-state index >= 15 is 0 Å². The average Bonchev–Trinajstić information content (AvgIpc) is 3.22. The van der Waals surface area contributed by atoms with Crippen LogP contribution >= 0.6 is 0 Å². The molecule has 1 saturated heterocycles. The largest absolute Gasteiger partial charge is 0.461 e. The molecule has 0 bridgehead atoms. The Morgan fingerprint density at radius 3 is 2.37 bits per heavy atom. The summed E-state index contributed by atoms with van der Waals surface area (Å²) in [6, 6.07) is 19.6. The van der Waals surface area contributed by atoms with Gasteiger partial charge < -0.3 is 14.4 Å². The summed E-state index contributed by atoms with van der Waals surface area (Å²) in [5, 5.41) is 0. The van der Waals surface area contributed by atoms with Gasteiger partial charge in [0.15, 0.2) is 0 Å². The SMILES string of the molecule is O=C(C[C@H](Cc1ccccc1)C(=O)N1CO[C@@H]2CCCC[C@H]21)OCc1ccccc1. The normalized spacial score (nSPS) is 21.7. The van der Waals surface area contributed by atoms with Crippen molar-refractivity contribution < 1.29 is 19.1 Å². The molecule has 1 aliphatic heterocycles. The molecule has 4 rings (SSSR count). The number of esters is 1. The first kappa shape index (κ1) is 20.6. The first-order valence-electron chi connectivity index (χ1n) is 10.9. The molecule has 0 radical (unpaired) electrons. The third-order valence-corrected chi connectivity index (χ3v) is 6.11. The fourth-order valence-corrected chi connectivity index (χ4v) is 4.51. The van der Waals surface area contributed by atoms with Crippen molar-refractivity contribution in [1.29, 1.82) is 0 Å². The molecule has 1 amide bonds. The molecule has 0 N–H and O–H groups in total. The highest BCUT2D eigenvalue weighted by Crippen LogP contribution is 2.32. The van der Waals surface area contributed by atoms with E-state index in [1.54, 1.807) is 0 Å². The third kappa shape index (κ3) is 5.08. The Balaban J connectivity index is 1.43. The minimum absolute atomic E-state index is 0.00455. The van der Waals surface area contributed by atoms with Gasteiger partial charge in [0, 0.05) is 0 Å². The lowest BCUT2D eigenvalue weighted by molar-refractivity contribution is -0.150. The molecule has 0 spiro atoms. The van der Waals surface area contributed by atoms with E-state index in [1.165, 1.54) is 0 Å². The lowest BCUT2D eigenvalue weighted by Gasteiger charge is -2.31. The lowest BCUT2D eigenvalue weighted by atomic mass is 9.90. The number of amides is 1. The highest BCUT2D eigenvalue weighted by atomic mass is 16.5. The molecule has 2 aromatic rings. The minimum Gasteiger partial charge on any atom is -0.461 e. The molecule has 30 heavy (non-hydrogen) atoms. The standard InChI is InChI=1S/C25H29NO4/c27-24(29-17-20-11-5-2-6-12-20)16-21(15-19-9-3-1-4-10-19)25(28)26-18-30-23-14-8-7-13-22(23)26/h1-6,9-12,21-23H,7-8,13-18H2/t21-,22+,23+/m0/s1. The number of carbonyl (C=O) groups is 2. The highest BCUT2D eigenvalue weighted by Gasteiger charge is 2.41. The summed E-state index contributed by atoms with van der Waals surface area (Å²) in [7, 11) is 0. The van der Waals surface area contributed by atoms with Crippen LogP contribution in [0.25, 0.3) is 0 Å². The molecular formula is C25H29NO4. The van der Waals surface area contributed by atoms with Crippen LogP contribution in [-0.2, 0) is 32.1 Å². The number of ether oxygens (including phenoxy) is 2. The average molecular weight is 408 g/mol. The van der Waals surface area contributed by atoms with Gasteiger partial charge in [-0.05, 0) is 30.4 Å². The zero-order chi connectivity index (χ0) is 20.8. The summed E-state index contributed by atoms with van der Waals surface area (Å²) in [4.78, 5) is 27.9. The van der Waals surface area contributed by atoms with Crippen molar-refractivity contribution in [3.8, 4) is 0 Å². The molecule has 0 unspecified atom stereocenters. The summed E-state index contributed by atoms with van der Waals surface area (Å²) in [5.41, 5.74) is 1.99. The smallest absolute Gasteiger partial charge is 0.306 e. The quantitative estimate of drug-likeness (QED) is 0.649. The van der Waals surface area contributed by atoms with Crippen LogP contribution in [0, 0.1) is 5.92 Å². The molecule has 2 aromatic carbocycles. The van der Waals surface area contributed by atoms with E-state index in [-0.39, 0.29) is 37.0 Å². The zero-order valence-corrected chi connectivity index (χ0v) is 17.2. The van der Waals surface area contributed by atoms with Crippen molar-refractivity contribution >= 4 is 11.9 Å². The summed E-state index contributed by atoms with van der Waals surface area (Å²) < 4.78 is 11.4. The van der Waals surface area contributed by atoms with Crippen molar-refractivity contribution in [1.82, 2.24) is 4.90 Å². The summed E-state index contributed by atoms with van der Waals surface area (Å²) >= 11 is 0. The fourth-order valence-electron chi connectivity index (χ4n) is 4.51. The van der Waals surface area contributed by atoms with Crippen LogP contribution in [0.3, 0.4) is 0 Å². The molecule has 158 valence electrons. The van der Waals surface area contributed by atoms with E-state index in [1.807, 2.05) is 65.6 Å². The maximum absolute atomic E-state index is 13.5. The van der Waals surface area contributed by atoms with E-state index in [0.717, 1.165) is 36.8 Å². The molecule has 1 heterocycles. The fraction of sp³-hybridized carbons (Fsp3) is 0.440. The van der Waals surface area contributed by atoms with Gasteiger partial charge in [0.05, 0.1) is 24.5 Å². The monoisotopic (exact) mass is 407 g/mol. The van der Waals surface area contributed by atoms with E-state index in [2.05, 4.69) is 0 Å². The number of benzene rings is 2. The maximum atomic E-state index is 13.5. The van der Waals surface area contributed by atoms with E-state index < -0.39 is 5.92 Å². The minimum atomic E-state index is -0.444. The van der Waals surface area contributed by atoms with Crippen LogP contribution < -0.4 is 0 Å². The van der Waals surface area contributed by atoms with Crippen LogP contribution in [0.1, 0.15) is 43.2 Å². The van der Waals surface area contributed by atoms with Gasteiger partial charge in [-0.2, -0.15) is 0 Å². The van der Waals surface area contributed by atoms with Gasteiger partial charge in [0.2, 0.25) is 5.91 Å². The van der Waals surface area contributed by atoms with Crippen LogP contribution in [0.2, 0.25) is 0 Å². The number of fused-ring (bicyclic) bond motifs is 1. The van der Waals surface area contributed by atoms with Gasteiger partial charge in [0.1, 0.15) is 13.3 Å². The van der Waals surface area contributed by atoms with Crippen LogP contribution in [0.4, 0.5) is 0 Å². The lowest BCUT2D eigenvalue weighted by Crippen LogP contribution is -2.44. The Kier molecular flexibility index (Phi) is 6.80. The zero-order valence-electron chi connectivity index (χ0n) is 17.2. The van der Waals surface area contributed by atoms with Gasteiger partial charge in [-0.25, -0.2) is 0 Å². The van der Waals surface area contributed by atoms with E-state index in [4.69, 9.17) is 9.47 Å².